The van der Waals surface area contributed by atoms with Crippen molar-refractivity contribution in [3.05, 3.63) is 35.9 Å². The van der Waals surface area contributed by atoms with Gasteiger partial charge >= 0.3 is 0 Å². The van der Waals surface area contributed by atoms with E-state index in [2.05, 4.69) is 35.2 Å². The van der Waals surface area contributed by atoms with Gasteiger partial charge in [-0.25, -0.2) is 0 Å². The summed E-state index contributed by atoms with van der Waals surface area (Å²) in [5.74, 6) is 0. The molecule has 1 aromatic rings. The lowest BCUT2D eigenvalue weighted by Gasteiger charge is -2.04. The van der Waals surface area contributed by atoms with Gasteiger partial charge in [0, 0.05) is 25.7 Å². The molecule has 0 aromatic heterocycles. The van der Waals surface area contributed by atoms with Gasteiger partial charge in [0.1, 0.15) is 0 Å². The zero-order valence-corrected chi connectivity index (χ0v) is 9.36. The van der Waals surface area contributed by atoms with Gasteiger partial charge in [0.05, 0.1) is 6.61 Å². The number of benzene rings is 1. The minimum Gasteiger partial charge on any atom is -0.380 e. The van der Waals surface area contributed by atoms with E-state index in [1.54, 1.807) is 0 Å². The maximum atomic E-state index is 5.34. The van der Waals surface area contributed by atoms with Crippen LogP contribution in [0, 0.1) is 0 Å². The van der Waals surface area contributed by atoms with E-state index in [1.165, 1.54) is 18.5 Å². The highest BCUT2D eigenvalue weighted by atomic mass is 16.5. The Morgan fingerprint density at radius 1 is 1.33 bits per heavy atom. The summed E-state index contributed by atoms with van der Waals surface area (Å²) in [7, 11) is 0. The van der Waals surface area contributed by atoms with E-state index in [0.717, 1.165) is 25.8 Å². The van der Waals surface area contributed by atoms with Crippen molar-refractivity contribution in [2.45, 2.75) is 19.4 Å². The minimum atomic E-state index is 0.757. The van der Waals surface area contributed by atoms with Gasteiger partial charge in [-0.2, -0.15) is 0 Å². The second-order valence-electron chi connectivity index (χ2n) is 4.04. The molecule has 2 unspecified atom stereocenters. The molecular weight excluding hydrogens is 186 g/mol. The van der Waals surface area contributed by atoms with Crippen LogP contribution in [0.5, 0.6) is 0 Å². The molecule has 1 aromatic carbocycles. The van der Waals surface area contributed by atoms with E-state index < -0.39 is 0 Å². The molecule has 0 bridgehead atoms. The highest BCUT2D eigenvalue weighted by Crippen LogP contribution is 2.20. The topological polar surface area (TPSA) is 12.2 Å². The molecule has 15 heavy (non-hydrogen) atoms. The van der Waals surface area contributed by atoms with Crippen molar-refractivity contribution in [3.8, 4) is 0 Å². The molecule has 2 heteroatoms. The lowest BCUT2D eigenvalue weighted by atomic mass is 10.1. The van der Waals surface area contributed by atoms with Gasteiger partial charge in [0.2, 0.25) is 0 Å². The van der Waals surface area contributed by atoms with Crippen molar-refractivity contribution < 1.29 is 4.74 Å². The first-order valence-electron chi connectivity index (χ1n) is 5.76. The van der Waals surface area contributed by atoms with Crippen LogP contribution >= 0.6 is 0 Å². The molecule has 82 valence electrons. The Bertz CT molecular complexity index is 286. The molecular formula is C13H19NO. The minimum absolute atomic E-state index is 0.757. The third kappa shape index (κ3) is 3.33. The largest absolute Gasteiger partial charge is 0.380 e. The molecule has 1 aliphatic rings. The molecule has 0 radical (unpaired) electrons. The Balaban J connectivity index is 1.67. The van der Waals surface area contributed by atoms with E-state index >= 15 is 0 Å². The first kappa shape index (κ1) is 10.7. The first-order valence-corrected chi connectivity index (χ1v) is 5.76. The van der Waals surface area contributed by atoms with Crippen molar-refractivity contribution in [2.75, 3.05) is 26.3 Å². The smallest absolute Gasteiger partial charge is 0.0593 e. The predicted molar refractivity (Wildman–Crippen MR) is 62.0 cm³/mol. The lowest BCUT2D eigenvalue weighted by Crippen LogP contribution is -2.11. The SMILES string of the molecule is CCOCCN1CC1Cc1ccccc1. The highest BCUT2D eigenvalue weighted by Gasteiger charge is 2.32. The van der Waals surface area contributed by atoms with Crippen LogP contribution in [-0.4, -0.2) is 37.2 Å². The molecule has 0 N–H and O–H groups in total. The standard InChI is InChI=1S/C13H19NO/c1-2-15-9-8-14-11-13(14)10-12-6-4-3-5-7-12/h3-7,13H,2,8-11H2,1H3. The fourth-order valence-corrected chi connectivity index (χ4v) is 1.90. The normalized spacial score (nSPS) is 24.1. The van der Waals surface area contributed by atoms with Crippen LogP contribution in [0.25, 0.3) is 0 Å². The van der Waals surface area contributed by atoms with Gasteiger partial charge in [0.25, 0.3) is 0 Å². The Morgan fingerprint density at radius 2 is 2.13 bits per heavy atom. The summed E-state index contributed by atoms with van der Waals surface area (Å²) in [4.78, 5) is 2.47. The van der Waals surface area contributed by atoms with Crippen LogP contribution in [0.15, 0.2) is 30.3 Å². The monoisotopic (exact) mass is 205 g/mol. The lowest BCUT2D eigenvalue weighted by molar-refractivity contribution is 0.137. The average Bonchev–Trinajstić information content (AvgIpc) is 2.99. The van der Waals surface area contributed by atoms with Crippen molar-refractivity contribution in [2.24, 2.45) is 0 Å². The van der Waals surface area contributed by atoms with Gasteiger partial charge in [-0.05, 0) is 18.9 Å². The Hall–Kier alpha value is -0.860. The van der Waals surface area contributed by atoms with Gasteiger partial charge in [-0.15, -0.1) is 0 Å². The van der Waals surface area contributed by atoms with Crippen LogP contribution in [-0.2, 0) is 11.2 Å². The fraction of sp³-hybridized carbons (Fsp3) is 0.538. The zero-order chi connectivity index (χ0) is 10.5. The van der Waals surface area contributed by atoms with Crippen molar-refractivity contribution in [3.63, 3.8) is 0 Å². The maximum absolute atomic E-state index is 5.34. The van der Waals surface area contributed by atoms with Crippen LogP contribution < -0.4 is 0 Å². The molecule has 1 aliphatic heterocycles. The van der Waals surface area contributed by atoms with Gasteiger partial charge in [-0.1, -0.05) is 30.3 Å². The maximum Gasteiger partial charge on any atom is 0.0593 e. The third-order valence-electron chi connectivity index (χ3n) is 2.87. The Morgan fingerprint density at radius 3 is 2.87 bits per heavy atom. The second-order valence-corrected chi connectivity index (χ2v) is 4.04. The summed E-state index contributed by atoms with van der Waals surface area (Å²) in [6, 6.07) is 11.5. The quantitative estimate of drug-likeness (QED) is 0.520. The Labute approximate surface area is 91.9 Å². The predicted octanol–water partition coefficient (Wildman–Crippen LogP) is 1.95. The van der Waals surface area contributed by atoms with Gasteiger partial charge < -0.3 is 4.74 Å². The number of nitrogens with zero attached hydrogens (tertiary/aromatic N) is 1. The molecule has 0 saturated carbocycles. The fourth-order valence-electron chi connectivity index (χ4n) is 1.90. The molecule has 0 aliphatic carbocycles. The van der Waals surface area contributed by atoms with Crippen LogP contribution in [0.4, 0.5) is 0 Å². The summed E-state index contributed by atoms with van der Waals surface area (Å²) >= 11 is 0. The molecule has 0 amide bonds. The summed E-state index contributed by atoms with van der Waals surface area (Å²) in [6.07, 6.45) is 1.19. The zero-order valence-electron chi connectivity index (χ0n) is 9.36. The summed E-state index contributed by atoms with van der Waals surface area (Å²) in [5, 5.41) is 0. The molecule has 2 nitrogen and oxygen atoms in total. The van der Waals surface area contributed by atoms with Crippen LogP contribution in [0.2, 0.25) is 0 Å². The van der Waals surface area contributed by atoms with E-state index in [4.69, 9.17) is 4.74 Å². The Kier molecular flexibility index (Phi) is 3.75. The summed E-state index contributed by atoms with van der Waals surface area (Å²) < 4.78 is 5.34. The molecule has 1 fully saturated rings. The number of ether oxygens (including phenoxy) is 1. The number of hydrogen-bond donors (Lipinski definition) is 0. The molecule has 1 heterocycles. The van der Waals surface area contributed by atoms with Gasteiger partial charge in [-0.3, -0.25) is 4.90 Å². The first-order chi connectivity index (χ1) is 7.40. The van der Waals surface area contributed by atoms with Crippen molar-refractivity contribution in [1.82, 2.24) is 4.90 Å². The van der Waals surface area contributed by atoms with Crippen molar-refractivity contribution >= 4 is 0 Å². The molecule has 2 atom stereocenters. The number of hydrogen-bond acceptors (Lipinski definition) is 2. The van der Waals surface area contributed by atoms with Crippen molar-refractivity contribution in [1.29, 1.82) is 0 Å². The number of rotatable bonds is 6. The van der Waals surface area contributed by atoms with E-state index in [9.17, 15) is 0 Å². The second kappa shape index (κ2) is 5.29. The molecule has 0 spiro atoms. The van der Waals surface area contributed by atoms with E-state index in [0.29, 0.717) is 0 Å². The van der Waals surface area contributed by atoms with Crippen LogP contribution in [0.3, 0.4) is 0 Å². The van der Waals surface area contributed by atoms with Crippen LogP contribution in [0.1, 0.15) is 12.5 Å². The third-order valence-corrected chi connectivity index (χ3v) is 2.87. The van der Waals surface area contributed by atoms with Gasteiger partial charge in [0.15, 0.2) is 0 Å². The molecule has 2 rings (SSSR count). The summed E-state index contributed by atoms with van der Waals surface area (Å²) in [5.41, 5.74) is 1.45. The average molecular weight is 205 g/mol. The molecule has 1 saturated heterocycles. The van der Waals surface area contributed by atoms with E-state index in [-0.39, 0.29) is 0 Å². The summed E-state index contributed by atoms with van der Waals surface area (Å²) in [6.45, 7) is 6.08. The highest BCUT2D eigenvalue weighted by molar-refractivity contribution is 5.17. The van der Waals surface area contributed by atoms with E-state index in [1.807, 2.05) is 6.92 Å².